The van der Waals surface area contributed by atoms with Crippen LogP contribution >= 0.6 is 0 Å². The van der Waals surface area contributed by atoms with E-state index in [9.17, 15) is 9.59 Å². The van der Waals surface area contributed by atoms with E-state index in [-0.39, 0.29) is 18.1 Å². The van der Waals surface area contributed by atoms with Gasteiger partial charge < -0.3 is 14.8 Å². The summed E-state index contributed by atoms with van der Waals surface area (Å²) in [5, 5.41) is 3.28. The SMILES string of the molecule is COC(=O)c1cccc(C2CNCCN2C(=O)OC(C)(C)C)c1. The second kappa shape index (κ2) is 7.00. The number of hydrogen-bond donors (Lipinski definition) is 1. The smallest absolute Gasteiger partial charge is 0.410 e. The van der Waals surface area contributed by atoms with Crippen molar-refractivity contribution in [1.82, 2.24) is 10.2 Å². The van der Waals surface area contributed by atoms with Gasteiger partial charge in [0.1, 0.15) is 5.60 Å². The van der Waals surface area contributed by atoms with Gasteiger partial charge in [0.15, 0.2) is 0 Å². The van der Waals surface area contributed by atoms with Crippen molar-refractivity contribution in [2.45, 2.75) is 32.4 Å². The molecule has 1 unspecified atom stereocenters. The fourth-order valence-corrected chi connectivity index (χ4v) is 2.53. The van der Waals surface area contributed by atoms with Crippen molar-refractivity contribution in [2.75, 3.05) is 26.7 Å². The van der Waals surface area contributed by atoms with Gasteiger partial charge in [0.05, 0.1) is 18.7 Å². The Bertz CT molecular complexity index is 580. The van der Waals surface area contributed by atoms with E-state index >= 15 is 0 Å². The Morgan fingerprint density at radius 3 is 2.70 bits per heavy atom. The molecule has 1 aromatic rings. The largest absolute Gasteiger partial charge is 0.465 e. The highest BCUT2D eigenvalue weighted by Crippen LogP contribution is 2.25. The summed E-state index contributed by atoms with van der Waals surface area (Å²) in [4.78, 5) is 25.9. The van der Waals surface area contributed by atoms with Crippen molar-refractivity contribution < 1.29 is 19.1 Å². The minimum atomic E-state index is -0.541. The quantitative estimate of drug-likeness (QED) is 0.847. The summed E-state index contributed by atoms with van der Waals surface area (Å²) >= 11 is 0. The van der Waals surface area contributed by atoms with E-state index in [0.29, 0.717) is 25.2 Å². The Labute approximate surface area is 136 Å². The third-order valence-corrected chi connectivity index (χ3v) is 3.56. The molecule has 0 aliphatic carbocycles. The zero-order chi connectivity index (χ0) is 17.0. The first-order chi connectivity index (χ1) is 10.8. The molecule has 1 amide bonds. The summed E-state index contributed by atoms with van der Waals surface area (Å²) in [5.74, 6) is -0.389. The molecule has 0 radical (unpaired) electrons. The van der Waals surface area contributed by atoms with Crippen LogP contribution in [0.25, 0.3) is 0 Å². The van der Waals surface area contributed by atoms with Gasteiger partial charge in [-0.1, -0.05) is 12.1 Å². The van der Waals surface area contributed by atoms with Crippen LogP contribution in [-0.2, 0) is 9.47 Å². The van der Waals surface area contributed by atoms with E-state index in [2.05, 4.69) is 5.32 Å². The first-order valence-corrected chi connectivity index (χ1v) is 7.70. The van der Waals surface area contributed by atoms with Gasteiger partial charge in [0.25, 0.3) is 0 Å². The van der Waals surface area contributed by atoms with E-state index in [4.69, 9.17) is 9.47 Å². The Kier molecular flexibility index (Phi) is 5.26. The average Bonchev–Trinajstić information content (AvgIpc) is 2.52. The van der Waals surface area contributed by atoms with Crippen LogP contribution < -0.4 is 5.32 Å². The topological polar surface area (TPSA) is 67.9 Å². The van der Waals surface area contributed by atoms with Gasteiger partial charge in [-0.2, -0.15) is 0 Å². The van der Waals surface area contributed by atoms with Crippen molar-refractivity contribution in [1.29, 1.82) is 0 Å². The van der Waals surface area contributed by atoms with Crippen LogP contribution in [0.15, 0.2) is 24.3 Å². The maximum atomic E-state index is 12.5. The van der Waals surface area contributed by atoms with Crippen LogP contribution in [0, 0.1) is 0 Å². The standard InChI is InChI=1S/C17H24N2O4/c1-17(2,3)23-16(21)19-9-8-18-11-14(19)12-6-5-7-13(10-12)15(20)22-4/h5-7,10,14,18H,8-9,11H2,1-4H3. The number of methoxy groups -OCH3 is 1. The molecule has 1 heterocycles. The van der Waals surface area contributed by atoms with E-state index in [1.54, 1.807) is 23.1 Å². The molecular formula is C17H24N2O4. The molecule has 1 N–H and O–H groups in total. The number of benzene rings is 1. The van der Waals surface area contributed by atoms with Gasteiger partial charge in [-0.3, -0.25) is 4.90 Å². The molecule has 1 aliphatic heterocycles. The van der Waals surface area contributed by atoms with Gasteiger partial charge in [-0.05, 0) is 38.5 Å². The second-order valence-electron chi connectivity index (χ2n) is 6.51. The Morgan fingerprint density at radius 1 is 1.30 bits per heavy atom. The Balaban J connectivity index is 2.24. The fourth-order valence-electron chi connectivity index (χ4n) is 2.53. The molecule has 1 aromatic carbocycles. The minimum Gasteiger partial charge on any atom is -0.465 e. The highest BCUT2D eigenvalue weighted by Gasteiger charge is 2.31. The lowest BCUT2D eigenvalue weighted by Crippen LogP contribution is -2.50. The molecular weight excluding hydrogens is 296 g/mol. The van der Waals surface area contributed by atoms with Gasteiger partial charge >= 0.3 is 12.1 Å². The first-order valence-electron chi connectivity index (χ1n) is 7.70. The van der Waals surface area contributed by atoms with Gasteiger partial charge in [-0.15, -0.1) is 0 Å². The molecule has 0 saturated carbocycles. The number of nitrogens with zero attached hydrogens (tertiary/aromatic N) is 1. The van der Waals surface area contributed by atoms with Crippen LogP contribution in [0.4, 0.5) is 4.79 Å². The van der Waals surface area contributed by atoms with E-state index in [1.165, 1.54) is 7.11 Å². The summed E-state index contributed by atoms with van der Waals surface area (Å²) < 4.78 is 10.3. The maximum absolute atomic E-state index is 12.5. The summed E-state index contributed by atoms with van der Waals surface area (Å²) in [7, 11) is 1.35. The number of esters is 1. The average molecular weight is 320 g/mol. The third-order valence-electron chi connectivity index (χ3n) is 3.56. The number of carbonyl (C=O) groups is 2. The molecule has 2 rings (SSSR count). The van der Waals surface area contributed by atoms with Crippen molar-refractivity contribution in [3.63, 3.8) is 0 Å². The van der Waals surface area contributed by atoms with Crippen molar-refractivity contribution >= 4 is 12.1 Å². The number of ether oxygens (including phenoxy) is 2. The van der Waals surface area contributed by atoms with Crippen LogP contribution in [0.1, 0.15) is 42.7 Å². The summed E-state index contributed by atoms with van der Waals surface area (Å²) in [6.45, 7) is 7.43. The van der Waals surface area contributed by atoms with E-state index < -0.39 is 5.60 Å². The molecule has 0 aromatic heterocycles. The van der Waals surface area contributed by atoms with Crippen LogP contribution in [0.2, 0.25) is 0 Å². The van der Waals surface area contributed by atoms with Crippen molar-refractivity contribution in [2.24, 2.45) is 0 Å². The fraction of sp³-hybridized carbons (Fsp3) is 0.529. The molecule has 6 nitrogen and oxygen atoms in total. The van der Waals surface area contributed by atoms with Gasteiger partial charge in [0.2, 0.25) is 0 Å². The highest BCUT2D eigenvalue weighted by atomic mass is 16.6. The Hall–Kier alpha value is -2.08. The van der Waals surface area contributed by atoms with Crippen LogP contribution in [0.3, 0.4) is 0 Å². The summed E-state index contributed by atoms with van der Waals surface area (Å²) in [6.07, 6.45) is -0.340. The number of carbonyl (C=O) groups excluding carboxylic acids is 2. The molecule has 126 valence electrons. The first kappa shape index (κ1) is 17.3. The highest BCUT2D eigenvalue weighted by molar-refractivity contribution is 5.89. The molecule has 1 fully saturated rings. The second-order valence-corrected chi connectivity index (χ2v) is 6.51. The van der Waals surface area contributed by atoms with Crippen molar-refractivity contribution in [3.8, 4) is 0 Å². The zero-order valence-electron chi connectivity index (χ0n) is 14.1. The number of nitrogens with one attached hydrogen (secondary N) is 1. The predicted molar refractivity (Wildman–Crippen MR) is 86.3 cm³/mol. The molecule has 0 bridgehead atoms. The minimum absolute atomic E-state index is 0.178. The van der Waals surface area contributed by atoms with Gasteiger partial charge in [0, 0.05) is 19.6 Å². The monoisotopic (exact) mass is 320 g/mol. The van der Waals surface area contributed by atoms with Crippen LogP contribution in [-0.4, -0.2) is 49.3 Å². The van der Waals surface area contributed by atoms with E-state index in [1.807, 2.05) is 26.8 Å². The zero-order valence-corrected chi connectivity index (χ0v) is 14.1. The molecule has 6 heteroatoms. The lowest BCUT2D eigenvalue weighted by atomic mass is 10.0. The Morgan fingerprint density at radius 2 is 2.04 bits per heavy atom. The number of hydrogen-bond acceptors (Lipinski definition) is 5. The third kappa shape index (κ3) is 4.45. The lowest BCUT2D eigenvalue weighted by Gasteiger charge is -2.37. The maximum Gasteiger partial charge on any atom is 0.410 e. The molecule has 0 spiro atoms. The molecule has 1 atom stereocenters. The summed E-state index contributed by atoms with van der Waals surface area (Å²) in [5.41, 5.74) is 0.811. The van der Waals surface area contributed by atoms with Gasteiger partial charge in [-0.25, -0.2) is 9.59 Å². The number of amides is 1. The lowest BCUT2D eigenvalue weighted by molar-refractivity contribution is 0.0118. The normalized spacial score (nSPS) is 18.4. The molecule has 1 saturated heterocycles. The van der Waals surface area contributed by atoms with Crippen molar-refractivity contribution in [3.05, 3.63) is 35.4 Å². The predicted octanol–water partition coefficient (Wildman–Crippen LogP) is 2.35. The van der Waals surface area contributed by atoms with E-state index in [0.717, 1.165) is 5.56 Å². The number of rotatable bonds is 2. The molecule has 1 aliphatic rings. The van der Waals surface area contributed by atoms with Crippen LogP contribution in [0.5, 0.6) is 0 Å². The summed E-state index contributed by atoms with van der Waals surface area (Å²) in [6, 6.07) is 6.98. The number of piperazine rings is 1. The molecule has 23 heavy (non-hydrogen) atoms.